The summed E-state index contributed by atoms with van der Waals surface area (Å²) in [6.07, 6.45) is -6.01. The van der Waals surface area contributed by atoms with Crippen LogP contribution in [-0.4, -0.2) is 37.8 Å². The summed E-state index contributed by atoms with van der Waals surface area (Å²) in [5.41, 5.74) is -0.965. The number of hydrogen-bond donors (Lipinski definition) is 0. The van der Waals surface area contributed by atoms with Crippen molar-refractivity contribution in [1.82, 2.24) is 0 Å². The van der Waals surface area contributed by atoms with Crippen molar-refractivity contribution in [2.24, 2.45) is 11.1 Å². The molecule has 1 fully saturated rings. The van der Waals surface area contributed by atoms with Gasteiger partial charge in [0.15, 0.2) is 0 Å². The number of oxime groups is 1. The lowest BCUT2D eigenvalue weighted by Crippen LogP contribution is -2.33. The highest BCUT2D eigenvalue weighted by Gasteiger charge is 2.57. The summed E-state index contributed by atoms with van der Waals surface area (Å²) in [5.74, 6) is -2.07. The molecule has 2 amide bonds. The molecule has 0 spiro atoms. The summed E-state index contributed by atoms with van der Waals surface area (Å²) in [7, 11) is 2.86. The van der Waals surface area contributed by atoms with Crippen molar-refractivity contribution in [1.29, 1.82) is 0 Å². The molecule has 0 aromatic heterocycles. The second-order valence-electron chi connectivity index (χ2n) is 6.72. The molecule has 31 heavy (non-hydrogen) atoms. The minimum absolute atomic E-state index is 0.102. The molecule has 1 saturated heterocycles. The average Bonchev–Trinajstić information content (AvgIpc) is 3.27. The summed E-state index contributed by atoms with van der Waals surface area (Å²) >= 11 is 6.03. The van der Waals surface area contributed by atoms with Gasteiger partial charge in [-0.1, -0.05) is 16.8 Å². The quantitative estimate of drug-likeness (QED) is 0.659. The maximum absolute atomic E-state index is 13.2. The number of anilines is 1. The number of imide groups is 1. The second-order valence-corrected chi connectivity index (χ2v) is 7.13. The van der Waals surface area contributed by atoms with E-state index in [2.05, 4.69) is 5.16 Å². The normalized spacial score (nSPS) is 20.5. The first-order valence-electron chi connectivity index (χ1n) is 8.88. The molecule has 0 bridgehead atoms. The molecule has 0 radical (unpaired) electrons. The molecule has 2 heterocycles. The molecule has 0 N–H and O–H groups in total. The van der Waals surface area contributed by atoms with Crippen LogP contribution >= 0.6 is 11.6 Å². The zero-order valence-electron chi connectivity index (χ0n) is 16.1. The number of carbonyl (C=O) groups is 2. The fourth-order valence-corrected chi connectivity index (χ4v) is 3.71. The Morgan fingerprint density at radius 3 is 2.45 bits per heavy atom. The lowest BCUT2D eigenvalue weighted by atomic mass is 9.93. The number of benzene rings is 2. The van der Waals surface area contributed by atoms with E-state index in [0.717, 1.165) is 12.1 Å². The van der Waals surface area contributed by atoms with E-state index in [1.54, 1.807) is 18.2 Å². The van der Waals surface area contributed by atoms with Gasteiger partial charge in [-0.15, -0.1) is 0 Å². The van der Waals surface area contributed by atoms with E-state index >= 15 is 0 Å². The number of hydrogen-bond acceptors (Lipinski definition) is 6. The van der Waals surface area contributed by atoms with E-state index in [4.69, 9.17) is 25.9 Å². The van der Waals surface area contributed by atoms with Crippen LogP contribution in [0.3, 0.4) is 0 Å². The summed E-state index contributed by atoms with van der Waals surface area (Å²) < 4.78 is 49.9. The van der Waals surface area contributed by atoms with Gasteiger partial charge in [-0.3, -0.25) is 9.59 Å². The Kier molecular flexibility index (Phi) is 5.04. The molecule has 2 aromatic rings. The molecule has 0 saturated carbocycles. The Morgan fingerprint density at radius 2 is 1.81 bits per heavy atom. The van der Waals surface area contributed by atoms with Crippen molar-refractivity contribution >= 4 is 34.8 Å². The van der Waals surface area contributed by atoms with Gasteiger partial charge < -0.3 is 14.3 Å². The average molecular weight is 455 g/mol. The number of rotatable bonds is 4. The van der Waals surface area contributed by atoms with Gasteiger partial charge in [0.2, 0.25) is 12.0 Å². The van der Waals surface area contributed by atoms with Crippen LogP contribution in [0.1, 0.15) is 11.1 Å². The van der Waals surface area contributed by atoms with Crippen LogP contribution in [0.2, 0.25) is 5.02 Å². The predicted octanol–water partition coefficient (Wildman–Crippen LogP) is 3.67. The first kappa shape index (κ1) is 21.0. The minimum Gasteiger partial charge on any atom is -0.497 e. The summed E-state index contributed by atoms with van der Waals surface area (Å²) in [6.45, 7) is 0. The maximum Gasteiger partial charge on any atom is 0.416 e. The standard InChI is InChI=1S/C20H14ClF3N2O5/c1-29-10-4-6-14(30-2)11(8-10)16-15-17(31-25-16)19(28)26(18(15)27)13-7-9(20(22,23)24)3-5-12(13)21/h3-8,15,17H,1-2H3/t15-,17+/m1/s1. The molecular formula is C20H14ClF3N2O5. The predicted molar refractivity (Wildman–Crippen MR) is 103 cm³/mol. The zero-order chi connectivity index (χ0) is 22.5. The number of alkyl halides is 3. The molecule has 2 aliphatic heterocycles. The van der Waals surface area contributed by atoms with Crippen LogP contribution in [0.25, 0.3) is 0 Å². The van der Waals surface area contributed by atoms with E-state index in [0.29, 0.717) is 28.0 Å². The van der Waals surface area contributed by atoms with E-state index < -0.39 is 35.6 Å². The Balaban J connectivity index is 1.76. The molecule has 7 nitrogen and oxygen atoms in total. The van der Waals surface area contributed by atoms with E-state index in [1.165, 1.54) is 14.2 Å². The second kappa shape index (κ2) is 7.45. The summed E-state index contributed by atoms with van der Waals surface area (Å²) in [5, 5.41) is 3.69. The monoisotopic (exact) mass is 454 g/mol. The Morgan fingerprint density at radius 1 is 1.06 bits per heavy atom. The fourth-order valence-electron chi connectivity index (χ4n) is 3.51. The van der Waals surface area contributed by atoms with Crippen molar-refractivity contribution in [3.8, 4) is 11.5 Å². The highest BCUT2D eigenvalue weighted by molar-refractivity contribution is 6.38. The van der Waals surface area contributed by atoms with Crippen molar-refractivity contribution in [2.45, 2.75) is 12.3 Å². The number of ether oxygens (including phenoxy) is 2. The van der Waals surface area contributed by atoms with Gasteiger partial charge in [0.05, 0.1) is 30.5 Å². The molecule has 2 aromatic carbocycles. The van der Waals surface area contributed by atoms with Crippen LogP contribution in [0.4, 0.5) is 18.9 Å². The molecule has 0 unspecified atom stereocenters. The summed E-state index contributed by atoms with van der Waals surface area (Å²) in [4.78, 5) is 31.9. The highest BCUT2D eigenvalue weighted by Crippen LogP contribution is 2.41. The number of nitrogens with zero attached hydrogens (tertiary/aromatic N) is 2. The van der Waals surface area contributed by atoms with Gasteiger partial charge in [-0.05, 0) is 36.4 Å². The third kappa shape index (κ3) is 3.36. The van der Waals surface area contributed by atoms with Crippen molar-refractivity contribution < 1.29 is 37.1 Å². The number of carbonyl (C=O) groups excluding carboxylic acids is 2. The zero-order valence-corrected chi connectivity index (χ0v) is 16.8. The lowest BCUT2D eigenvalue weighted by Gasteiger charge is -2.19. The van der Waals surface area contributed by atoms with Crippen molar-refractivity contribution in [2.75, 3.05) is 19.1 Å². The summed E-state index contributed by atoms with van der Waals surface area (Å²) in [6, 6.07) is 7.18. The van der Waals surface area contributed by atoms with Crippen LogP contribution in [-0.2, 0) is 20.6 Å². The number of methoxy groups -OCH3 is 2. The van der Waals surface area contributed by atoms with Crippen molar-refractivity contribution in [3.05, 3.63) is 52.5 Å². The van der Waals surface area contributed by atoms with Crippen LogP contribution < -0.4 is 14.4 Å². The van der Waals surface area contributed by atoms with E-state index in [9.17, 15) is 22.8 Å². The number of amides is 2. The molecule has 162 valence electrons. The van der Waals surface area contributed by atoms with Gasteiger partial charge in [-0.25, -0.2) is 4.90 Å². The molecular weight excluding hydrogens is 441 g/mol. The van der Waals surface area contributed by atoms with Gasteiger partial charge in [0, 0.05) is 5.56 Å². The van der Waals surface area contributed by atoms with Gasteiger partial charge in [-0.2, -0.15) is 13.2 Å². The Bertz CT molecular complexity index is 1120. The third-order valence-corrected chi connectivity index (χ3v) is 5.33. The van der Waals surface area contributed by atoms with E-state index in [-0.39, 0.29) is 16.4 Å². The van der Waals surface area contributed by atoms with Gasteiger partial charge in [0.25, 0.3) is 5.91 Å². The van der Waals surface area contributed by atoms with Crippen molar-refractivity contribution in [3.63, 3.8) is 0 Å². The Labute approximate surface area is 178 Å². The highest BCUT2D eigenvalue weighted by atomic mass is 35.5. The molecule has 2 atom stereocenters. The lowest BCUT2D eigenvalue weighted by molar-refractivity contribution is -0.137. The number of fused-ring (bicyclic) bond motifs is 1. The van der Waals surface area contributed by atoms with Crippen LogP contribution in [0, 0.1) is 5.92 Å². The van der Waals surface area contributed by atoms with Gasteiger partial charge >= 0.3 is 6.18 Å². The molecule has 0 aliphatic carbocycles. The third-order valence-electron chi connectivity index (χ3n) is 5.01. The number of halogens is 4. The van der Waals surface area contributed by atoms with E-state index in [1.807, 2.05) is 0 Å². The smallest absolute Gasteiger partial charge is 0.416 e. The first-order valence-corrected chi connectivity index (χ1v) is 9.26. The molecule has 11 heteroatoms. The fraction of sp³-hybridized carbons (Fsp3) is 0.250. The van der Waals surface area contributed by atoms with Gasteiger partial charge in [0.1, 0.15) is 23.1 Å². The molecule has 2 aliphatic rings. The largest absolute Gasteiger partial charge is 0.497 e. The maximum atomic E-state index is 13.2. The Hall–Kier alpha value is -3.27. The van der Waals surface area contributed by atoms with Crippen LogP contribution in [0.15, 0.2) is 41.6 Å². The SMILES string of the molecule is COc1ccc(OC)c(C2=NO[C@@H]3C(=O)N(c4cc(C(F)(F)F)ccc4Cl)C(=O)[C@H]23)c1. The minimum atomic E-state index is -4.68. The first-order chi connectivity index (χ1) is 14.7. The van der Waals surface area contributed by atoms with Crippen LogP contribution in [0.5, 0.6) is 11.5 Å². The molecule has 4 rings (SSSR count). The topological polar surface area (TPSA) is 77.4 Å².